The number of aromatic nitrogens is 1. The Kier molecular flexibility index (Phi) is 8.97. The van der Waals surface area contributed by atoms with E-state index in [2.05, 4.69) is 16.4 Å². The van der Waals surface area contributed by atoms with Gasteiger partial charge in [-0.05, 0) is 85.8 Å². The average Bonchev–Trinajstić information content (AvgIpc) is 2.94. The topological polar surface area (TPSA) is 122 Å². The standard InChI is InChI=1S/C32H31N3O5/c1-32(2,21-33)15-5-6-16-39-25-12-10-24-19-26(13-11-23(24)18-25)40-30-14-9-22(20-34-30)17-29(36)35-28-8-4-3-7-27(28)31(37)38/h3-4,7-14,18-20H,5-6,15-17H2,1-2H3,(H,35,36)(H,37,38). The highest BCUT2D eigenvalue weighted by atomic mass is 16.5. The van der Waals surface area contributed by atoms with Crippen LogP contribution in [0.1, 0.15) is 49.0 Å². The zero-order chi connectivity index (χ0) is 28.5. The third-order valence-electron chi connectivity index (χ3n) is 6.37. The zero-order valence-corrected chi connectivity index (χ0v) is 22.5. The van der Waals surface area contributed by atoms with Crippen LogP contribution in [0.15, 0.2) is 79.0 Å². The SMILES string of the molecule is CC(C)(C#N)CCCCOc1ccc2cc(Oc3ccc(CC(=O)Nc4ccccc4C(=O)O)cn3)ccc2c1. The molecule has 3 aromatic carbocycles. The summed E-state index contributed by atoms with van der Waals surface area (Å²) in [7, 11) is 0. The van der Waals surface area contributed by atoms with Crippen LogP contribution in [-0.4, -0.2) is 28.6 Å². The number of nitrogens with zero attached hydrogens (tertiary/aromatic N) is 2. The van der Waals surface area contributed by atoms with Crippen molar-refractivity contribution >= 4 is 28.3 Å². The molecule has 4 aromatic rings. The number of pyridine rings is 1. The van der Waals surface area contributed by atoms with Crippen LogP contribution < -0.4 is 14.8 Å². The number of carboxylic acid groups (broad SMARTS) is 1. The number of amides is 1. The number of carboxylic acids is 1. The molecule has 204 valence electrons. The Bertz CT molecular complexity index is 1540. The van der Waals surface area contributed by atoms with E-state index < -0.39 is 5.97 Å². The molecular weight excluding hydrogens is 506 g/mol. The van der Waals surface area contributed by atoms with E-state index in [0.29, 0.717) is 23.8 Å². The van der Waals surface area contributed by atoms with Gasteiger partial charge in [-0.2, -0.15) is 5.26 Å². The van der Waals surface area contributed by atoms with E-state index in [4.69, 9.17) is 14.7 Å². The molecular formula is C32H31N3O5. The Balaban J connectivity index is 1.30. The molecule has 1 amide bonds. The minimum Gasteiger partial charge on any atom is -0.494 e. The van der Waals surface area contributed by atoms with Crippen molar-refractivity contribution < 1.29 is 24.2 Å². The van der Waals surface area contributed by atoms with Crippen LogP contribution in [0.3, 0.4) is 0 Å². The van der Waals surface area contributed by atoms with Gasteiger partial charge in [0.2, 0.25) is 11.8 Å². The second kappa shape index (κ2) is 12.8. The molecule has 0 fully saturated rings. The number of anilines is 1. The molecule has 0 atom stereocenters. The Morgan fingerprint density at radius 1 is 0.975 bits per heavy atom. The number of para-hydroxylation sites is 1. The first-order chi connectivity index (χ1) is 19.2. The fourth-order valence-electron chi connectivity index (χ4n) is 4.13. The molecule has 8 nitrogen and oxygen atoms in total. The molecule has 0 aliphatic heterocycles. The van der Waals surface area contributed by atoms with Crippen LogP contribution in [-0.2, 0) is 11.2 Å². The molecule has 0 saturated heterocycles. The van der Waals surface area contributed by atoms with Gasteiger partial charge < -0.3 is 19.9 Å². The molecule has 1 heterocycles. The van der Waals surface area contributed by atoms with Crippen molar-refractivity contribution in [2.45, 2.75) is 39.5 Å². The minimum absolute atomic E-state index is 0.0318. The van der Waals surface area contributed by atoms with Gasteiger partial charge in [0.25, 0.3) is 0 Å². The molecule has 0 bridgehead atoms. The number of carbonyl (C=O) groups is 2. The van der Waals surface area contributed by atoms with Crippen molar-refractivity contribution in [2.75, 3.05) is 11.9 Å². The van der Waals surface area contributed by atoms with E-state index in [1.165, 1.54) is 6.07 Å². The number of ether oxygens (including phenoxy) is 2. The Morgan fingerprint density at radius 3 is 2.40 bits per heavy atom. The van der Waals surface area contributed by atoms with Crippen LogP contribution in [0, 0.1) is 16.7 Å². The van der Waals surface area contributed by atoms with Crippen LogP contribution in [0.4, 0.5) is 5.69 Å². The molecule has 0 spiro atoms. The van der Waals surface area contributed by atoms with Crippen molar-refractivity contribution in [3.8, 4) is 23.4 Å². The summed E-state index contributed by atoms with van der Waals surface area (Å²) in [5.74, 6) is 0.368. The van der Waals surface area contributed by atoms with Crippen molar-refractivity contribution in [1.29, 1.82) is 5.26 Å². The van der Waals surface area contributed by atoms with Gasteiger partial charge in [0.05, 0.1) is 35.8 Å². The number of hydrogen-bond acceptors (Lipinski definition) is 6. The fourth-order valence-corrected chi connectivity index (χ4v) is 4.13. The molecule has 2 N–H and O–H groups in total. The molecule has 0 aliphatic carbocycles. The average molecular weight is 538 g/mol. The maximum Gasteiger partial charge on any atom is 0.337 e. The molecule has 0 saturated carbocycles. The van der Waals surface area contributed by atoms with Gasteiger partial charge in [-0.3, -0.25) is 4.79 Å². The van der Waals surface area contributed by atoms with Gasteiger partial charge in [0.1, 0.15) is 11.5 Å². The van der Waals surface area contributed by atoms with E-state index >= 15 is 0 Å². The lowest BCUT2D eigenvalue weighted by Gasteiger charge is -2.14. The van der Waals surface area contributed by atoms with Gasteiger partial charge in [-0.25, -0.2) is 9.78 Å². The largest absolute Gasteiger partial charge is 0.494 e. The number of aromatic carboxylic acids is 1. The van der Waals surface area contributed by atoms with Gasteiger partial charge in [0.15, 0.2) is 0 Å². The highest BCUT2D eigenvalue weighted by Crippen LogP contribution is 2.28. The quantitative estimate of drug-likeness (QED) is 0.187. The number of rotatable bonds is 12. The normalized spacial score (nSPS) is 11.0. The smallest absolute Gasteiger partial charge is 0.337 e. The lowest BCUT2D eigenvalue weighted by atomic mass is 9.89. The van der Waals surface area contributed by atoms with Crippen LogP contribution >= 0.6 is 0 Å². The lowest BCUT2D eigenvalue weighted by molar-refractivity contribution is -0.115. The zero-order valence-electron chi connectivity index (χ0n) is 22.5. The van der Waals surface area contributed by atoms with E-state index in [0.717, 1.165) is 35.8 Å². The molecule has 0 unspecified atom stereocenters. The van der Waals surface area contributed by atoms with Crippen molar-refractivity contribution in [1.82, 2.24) is 4.98 Å². The van der Waals surface area contributed by atoms with Crippen molar-refractivity contribution in [3.63, 3.8) is 0 Å². The summed E-state index contributed by atoms with van der Waals surface area (Å²) >= 11 is 0. The number of unbranched alkanes of at least 4 members (excludes halogenated alkanes) is 1. The third-order valence-corrected chi connectivity index (χ3v) is 6.37. The first-order valence-electron chi connectivity index (χ1n) is 13.1. The Labute approximate surface area is 233 Å². The minimum atomic E-state index is -1.11. The first kappa shape index (κ1) is 28.1. The summed E-state index contributed by atoms with van der Waals surface area (Å²) in [6.07, 6.45) is 4.29. The fraction of sp³-hybridized carbons (Fsp3) is 0.250. The number of fused-ring (bicyclic) bond motifs is 1. The Hall–Kier alpha value is -4.90. The molecule has 0 aliphatic rings. The summed E-state index contributed by atoms with van der Waals surface area (Å²) in [5, 5.41) is 23.0. The lowest BCUT2D eigenvalue weighted by Crippen LogP contribution is -2.16. The summed E-state index contributed by atoms with van der Waals surface area (Å²) in [6, 6.07) is 23.7. The van der Waals surface area contributed by atoms with Gasteiger partial charge in [-0.15, -0.1) is 0 Å². The highest BCUT2D eigenvalue weighted by Gasteiger charge is 2.15. The number of nitriles is 1. The second-order valence-electron chi connectivity index (χ2n) is 10.2. The van der Waals surface area contributed by atoms with E-state index in [1.54, 1.807) is 36.5 Å². The molecule has 8 heteroatoms. The van der Waals surface area contributed by atoms with Crippen molar-refractivity contribution in [3.05, 3.63) is 90.1 Å². The van der Waals surface area contributed by atoms with Crippen LogP contribution in [0.5, 0.6) is 17.4 Å². The number of nitrogens with one attached hydrogen (secondary N) is 1. The van der Waals surface area contributed by atoms with E-state index in [9.17, 15) is 14.7 Å². The summed E-state index contributed by atoms with van der Waals surface area (Å²) in [5.41, 5.74) is 0.648. The van der Waals surface area contributed by atoms with Crippen LogP contribution in [0.2, 0.25) is 0 Å². The number of benzene rings is 3. The molecule has 4 rings (SSSR count). The maximum atomic E-state index is 12.4. The number of hydrogen-bond donors (Lipinski definition) is 2. The van der Waals surface area contributed by atoms with Crippen LogP contribution in [0.25, 0.3) is 10.8 Å². The highest BCUT2D eigenvalue weighted by molar-refractivity contribution is 6.01. The summed E-state index contributed by atoms with van der Waals surface area (Å²) in [6.45, 7) is 4.51. The van der Waals surface area contributed by atoms with E-state index in [-0.39, 0.29) is 29.0 Å². The maximum absolute atomic E-state index is 12.4. The molecule has 40 heavy (non-hydrogen) atoms. The predicted molar refractivity (Wildman–Crippen MR) is 153 cm³/mol. The first-order valence-corrected chi connectivity index (χ1v) is 13.1. The van der Waals surface area contributed by atoms with Gasteiger partial charge >= 0.3 is 5.97 Å². The molecule has 1 aromatic heterocycles. The summed E-state index contributed by atoms with van der Waals surface area (Å²) in [4.78, 5) is 28.1. The van der Waals surface area contributed by atoms with Gasteiger partial charge in [0, 0.05) is 12.3 Å². The Morgan fingerprint density at radius 2 is 1.70 bits per heavy atom. The van der Waals surface area contributed by atoms with Crippen molar-refractivity contribution in [2.24, 2.45) is 5.41 Å². The summed E-state index contributed by atoms with van der Waals surface area (Å²) < 4.78 is 11.8. The van der Waals surface area contributed by atoms with E-state index in [1.807, 2.05) is 50.2 Å². The number of carbonyl (C=O) groups excluding carboxylic acids is 1. The second-order valence-corrected chi connectivity index (χ2v) is 10.2. The third kappa shape index (κ3) is 7.81. The monoisotopic (exact) mass is 537 g/mol. The molecule has 0 radical (unpaired) electrons. The predicted octanol–water partition coefficient (Wildman–Crippen LogP) is 7.01. The van der Waals surface area contributed by atoms with Gasteiger partial charge in [-0.1, -0.05) is 30.3 Å².